The van der Waals surface area contributed by atoms with Gasteiger partial charge in [0.1, 0.15) is 6.04 Å². The number of rotatable bonds is 7. The summed E-state index contributed by atoms with van der Waals surface area (Å²) < 4.78 is 4.59. The lowest BCUT2D eigenvalue weighted by atomic mass is 10.1. The van der Waals surface area contributed by atoms with E-state index in [1.807, 2.05) is 61.5 Å². The van der Waals surface area contributed by atoms with E-state index >= 15 is 0 Å². The van der Waals surface area contributed by atoms with Crippen molar-refractivity contribution in [1.29, 1.82) is 0 Å². The van der Waals surface area contributed by atoms with E-state index in [4.69, 9.17) is 0 Å². The third-order valence-electron chi connectivity index (χ3n) is 3.85. The van der Waals surface area contributed by atoms with E-state index in [2.05, 4.69) is 20.3 Å². The van der Waals surface area contributed by atoms with E-state index < -0.39 is 12.0 Å². The van der Waals surface area contributed by atoms with Crippen LogP contribution in [0.5, 0.6) is 0 Å². The van der Waals surface area contributed by atoms with E-state index in [9.17, 15) is 9.59 Å². The Kier molecular flexibility index (Phi) is 7.05. The minimum Gasteiger partial charge on any atom is -0.467 e. The number of methoxy groups -OCH3 is 1. The maximum absolute atomic E-state index is 12.0. The lowest BCUT2D eigenvalue weighted by Crippen LogP contribution is -2.39. The second-order valence-electron chi connectivity index (χ2n) is 6.27. The molecule has 1 amide bonds. The Labute approximate surface area is 159 Å². The smallest absolute Gasteiger partial charge is 0.328 e. The van der Waals surface area contributed by atoms with Crippen molar-refractivity contribution in [3.8, 4) is 0 Å². The number of ether oxygens (including phenoxy) is 1. The van der Waals surface area contributed by atoms with Crippen molar-refractivity contribution in [2.45, 2.75) is 19.4 Å². The molecule has 0 radical (unpaired) electrons. The van der Waals surface area contributed by atoms with Gasteiger partial charge in [0.15, 0.2) is 0 Å². The minimum atomic E-state index is -0.685. The summed E-state index contributed by atoms with van der Waals surface area (Å²) in [5.41, 5.74) is 3.26. The van der Waals surface area contributed by atoms with Crippen LogP contribution in [0.4, 0.5) is 17.1 Å². The lowest BCUT2D eigenvalue weighted by Gasteiger charge is -2.11. The van der Waals surface area contributed by atoms with Crippen molar-refractivity contribution in [2.24, 2.45) is 10.2 Å². The zero-order valence-electron chi connectivity index (χ0n) is 16.0. The highest BCUT2D eigenvalue weighted by atomic mass is 16.5. The third kappa shape index (κ3) is 6.22. The van der Waals surface area contributed by atoms with Crippen LogP contribution in [0.2, 0.25) is 0 Å². The summed E-state index contributed by atoms with van der Waals surface area (Å²) in [6.45, 7) is 1.58. The summed E-state index contributed by atoms with van der Waals surface area (Å²) in [4.78, 5) is 25.4. The first-order valence-corrected chi connectivity index (χ1v) is 8.54. The highest BCUT2D eigenvalue weighted by molar-refractivity contribution is 5.85. The first-order chi connectivity index (χ1) is 12.9. The Balaban J connectivity index is 2.00. The van der Waals surface area contributed by atoms with Crippen LogP contribution in [-0.2, 0) is 20.7 Å². The second kappa shape index (κ2) is 9.47. The van der Waals surface area contributed by atoms with Gasteiger partial charge in [-0.25, -0.2) is 4.79 Å². The molecule has 0 saturated heterocycles. The highest BCUT2D eigenvalue weighted by Crippen LogP contribution is 2.22. The molecule has 7 heteroatoms. The van der Waals surface area contributed by atoms with E-state index in [0.29, 0.717) is 5.69 Å². The molecule has 0 bridgehead atoms. The van der Waals surface area contributed by atoms with Crippen LogP contribution in [0.1, 0.15) is 12.5 Å². The van der Waals surface area contributed by atoms with Gasteiger partial charge in [-0.15, -0.1) is 0 Å². The quantitative estimate of drug-likeness (QED) is 0.600. The van der Waals surface area contributed by atoms with E-state index in [-0.39, 0.29) is 12.3 Å². The highest BCUT2D eigenvalue weighted by Gasteiger charge is 2.15. The molecule has 2 rings (SSSR count). The average Bonchev–Trinajstić information content (AvgIpc) is 2.66. The zero-order chi connectivity index (χ0) is 19.8. The van der Waals surface area contributed by atoms with Crippen molar-refractivity contribution in [3.05, 3.63) is 54.1 Å². The first kappa shape index (κ1) is 20.1. The average molecular weight is 368 g/mol. The molecule has 0 aliphatic carbocycles. The molecule has 7 nitrogen and oxygen atoms in total. The molecule has 0 heterocycles. The molecule has 0 aliphatic heterocycles. The predicted octanol–water partition coefficient (Wildman–Crippen LogP) is 3.39. The number of nitrogens with one attached hydrogen (secondary N) is 1. The number of hydrogen-bond acceptors (Lipinski definition) is 6. The van der Waals surface area contributed by atoms with E-state index in [1.54, 1.807) is 13.0 Å². The summed E-state index contributed by atoms with van der Waals surface area (Å²) in [7, 11) is 5.24. The number of carbonyl (C=O) groups is 2. The lowest BCUT2D eigenvalue weighted by molar-refractivity contribution is -0.144. The van der Waals surface area contributed by atoms with Crippen molar-refractivity contribution in [3.63, 3.8) is 0 Å². The van der Waals surface area contributed by atoms with Gasteiger partial charge in [-0.3, -0.25) is 4.79 Å². The minimum absolute atomic E-state index is 0.141. The van der Waals surface area contributed by atoms with Gasteiger partial charge in [0.25, 0.3) is 0 Å². The number of azo groups is 1. The van der Waals surface area contributed by atoms with Crippen LogP contribution in [0.15, 0.2) is 58.8 Å². The second-order valence-corrected chi connectivity index (χ2v) is 6.27. The van der Waals surface area contributed by atoms with Gasteiger partial charge in [0.2, 0.25) is 5.91 Å². The largest absolute Gasteiger partial charge is 0.467 e. The van der Waals surface area contributed by atoms with Gasteiger partial charge < -0.3 is 15.0 Å². The molecular formula is C20H24N4O3. The molecule has 0 spiro atoms. The molecule has 0 fully saturated rings. The van der Waals surface area contributed by atoms with Crippen molar-refractivity contribution >= 4 is 28.9 Å². The molecule has 1 atom stereocenters. The summed E-state index contributed by atoms with van der Waals surface area (Å²) in [5.74, 6) is -0.743. The molecule has 0 aliphatic rings. The van der Waals surface area contributed by atoms with Gasteiger partial charge in [-0.1, -0.05) is 12.1 Å². The molecule has 142 valence electrons. The number of carbonyl (C=O) groups excluding carboxylic acids is 2. The zero-order valence-corrected chi connectivity index (χ0v) is 16.0. The molecule has 1 N–H and O–H groups in total. The van der Waals surface area contributed by atoms with Crippen LogP contribution >= 0.6 is 0 Å². The summed E-state index contributed by atoms with van der Waals surface area (Å²) in [6.07, 6.45) is 0.141. The van der Waals surface area contributed by atoms with Gasteiger partial charge in [-0.2, -0.15) is 10.2 Å². The Bertz CT molecular complexity index is 816. The summed E-state index contributed by atoms with van der Waals surface area (Å²) in [5, 5.41) is 11.1. The number of hydrogen-bond donors (Lipinski definition) is 1. The van der Waals surface area contributed by atoms with Crippen LogP contribution in [0.25, 0.3) is 0 Å². The van der Waals surface area contributed by atoms with Crippen molar-refractivity contribution in [2.75, 3.05) is 26.1 Å². The van der Waals surface area contributed by atoms with Crippen LogP contribution in [0.3, 0.4) is 0 Å². The first-order valence-electron chi connectivity index (χ1n) is 8.54. The maximum Gasteiger partial charge on any atom is 0.328 e. The number of nitrogens with zero attached hydrogens (tertiary/aromatic N) is 3. The van der Waals surface area contributed by atoms with Crippen LogP contribution < -0.4 is 10.2 Å². The van der Waals surface area contributed by atoms with Gasteiger partial charge >= 0.3 is 5.97 Å². The fourth-order valence-electron chi connectivity index (χ4n) is 2.38. The predicted molar refractivity (Wildman–Crippen MR) is 105 cm³/mol. The van der Waals surface area contributed by atoms with Crippen LogP contribution in [-0.4, -0.2) is 39.1 Å². The van der Waals surface area contributed by atoms with Gasteiger partial charge in [-0.05, 0) is 48.9 Å². The Morgan fingerprint density at radius 2 is 1.74 bits per heavy atom. The molecule has 27 heavy (non-hydrogen) atoms. The van der Waals surface area contributed by atoms with E-state index in [0.717, 1.165) is 16.9 Å². The normalized spacial score (nSPS) is 11.9. The number of amides is 1. The Morgan fingerprint density at radius 3 is 2.37 bits per heavy atom. The fraction of sp³-hybridized carbons (Fsp3) is 0.300. The van der Waals surface area contributed by atoms with Crippen molar-refractivity contribution < 1.29 is 14.3 Å². The summed E-state index contributed by atoms with van der Waals surface area (Å²) >= 11 is 0. The van der Waals surface area contributed by atoms with E-state index in [1.165, 1.54) is 7.11 Å². The number of esters is 1. The van der Waals surface area contributed by atoms with Gasteiger partial charge in [0.05, 0.1) is 24.9 Å². The van der Waals surface area contributed by atoms with Gasteiger partial charge in [0, 0.05) is 19.8 Å². The monoisotopic (exact) mass is 368 g/mol. The molecule has 2 aromatic rings. The summed E-state index contributed by atoms with van der Waals surface area (Å²) in [6, 6.07) is 14.3. The standard InChI is InChI=1S/C20H24N4O3/c1-14(20(26)27-4)21-19(25)13-15-6-5-7-17(12-15)23-22-16-8-10-18(11-9-16)24(2)3/h5-12,14H,13H2,1-4H3,(H,21,25). The topological polar surface area (TPSA) is 83.4 Å². The Morgan fingerprint density at radius 1 is 1.07 bits per heavy atom. The SMILES string of the molecule is COC(=O)C(C)NC(=O)Cc1cccc(N=Nc2ccc(N(C)C)cc2)c1. The molecule has 0 saturated carbocycles. The molecular weight excluding hydrogens is 344 g/mol. The molecule has 2 aromatic carbocycles. The Hall–Kier alpha value is -3.22. The maximum atomic E-state index is 12.0. The molecule has 1 unspecified atom stereocenters. The molecule has 0 aromatic heterocycles. The van der Waals surface area contributed by atoms with Crippen LogP contribution in [0, 0.1) is 0 Å². The fourth-order valence-corrected chi connectivity index (χ4v) is 2.38. The number of benzene rings is 2. The number of anilines is 1. The third-order valence-corrected chi connectivity index (χ3v) is 3.85. The van der Waals surface area contributed by atoms with Crippen molar-refractivity contribution in [1.82, 2.24) is 5.32 Å².